The van der Waals surface area contributed by atoms with Gasteiger partial charge < -0.3 is 20.1 Å². The van der Waals surface area contributed by atoms with E-state index in [1.807, 2.05) is 12.1 Å². The summed E-state index contributed by atoms with van der Waals surface area (Å²) in [5.74, 6) is 2.13. The number of hydrogen-bond acceptors (Lipinski definition) is 5. The molecule has 2 aromatic rings. The molecular weight excluding hydrogens is 404 g/mol. The van der Waals surface area contributed by atoms with Gasteiger partial charge in [0.2, 0.25) is 6.79 Å². The van der Waals surface area contributed by atoms with E-state index in [9.17, 15) is 4.79 Å². The van der Waals surface area contributed by atoms with Crippen molar-refractivity contribution in [3.8, 4) is 11.5 Å². The third-order valence-corrected chi connectivity index (χ3v) is 6.96. The van der Waals surface area contributed by atoms with E-state index in [4.69, 9.17) is 9.47 Å². The molecule has 130 valence electrons. The number of rotatable bonds is 1. The van der Waals surface area contributed by atoms with Crippen LogP contribution in [0.4, 0.5) is 5.00 Å². The maximum atomic E-state index is 12.8. The van der Waals surface area contributed by atoms with Gasteiger partial charge in [-0.3, -0.25) is 4.79 Å². The monoisotopic (exact) mass is 420 g/mol. The number of thiophene rings is 1. The van der Waals surface area contributed by atoms with Crippen molar-refractivity contribution in [1.82, 2.24) is 5.32 Å². The van der Waals surface area contributed by atoms with Crippen LogP contribution >= 0.6 is 27.3 Å². The van der Waals surface area contributed by atoms with E-state index in [1.165, 1.54) is 10.4 Å². The number of amides is 1. The number of hydrogen-bond donors (Lipinski definition) is 2. The van der Waals surface area contributed by atoms with E-state index in [1.54, 1.807) is 11.3 Å². The minimum Gasteiger partial charge on any atom is -0.454 e. The molecule has 1 aromatic heterocycles. The molecule has 25 heavy (non-hydrogen) atoms. The van der Waals surface area contributed by atoms with Crippen LogP contribution in [0.25, 0.3) is 0 Å². The molecule has 0 spiro atoms. The van der Waals surface area contributed by atoms with E-state index >= 15 is 0 Å². The van der Waals surface area contributed by atoms with Gasteiger partial charge in [0.1, 0.15) is 11.2 Å². The summed E-state index contributed by atoms with van der Waals surface area (Å²) in [7, 11) is 0. The van der Waals surface area contributed by atoms with Crippen molar-refractivity contribution in [3.63, 3.8) is 0 Å². The molecule has 1 aromatic carbocycles. The second kappa shape index (κ2) is 5.64. The molecule has 2 N–H and O–H groups in total. The van der Waals surface area contributed by atoms with Crippen LogP contribution in [0, 0.1) is 5.92 Å². The number of fused-ring (bicyclic) bond motifs is 4. The summed E-state index contributed by atoms with van der Waals surface area (Å²) in [5.41, 5.74) is 3.02. The van der Waals surface area contributed by atoms with Gasteiger partial charge in [0.05, 0.1) is 5.56 Å². The average molecular weight is 421 g/mol. The zero-order valence-electron chi connectivity index (χ0n) is 13.6. The number of halogens is 1. The number of carbonyl (C=O) groups excluding carboxylic acids is 1. The predicted octanol–water partition coefficient (Wildman–Crippen LogP) is 4.22. The maximum Gasteiger partial charge on any atom is 0.256 e. The Hall–Kier alpha value is -1.73. The largest absolute Gasteiger partial charge is 0.454 e. The Morgan fingerprint density at radius 3 is 2.88 bits per heavy atom. The Kier molecular flexibility index (Phi) is 3.50. The minimum absolute atomic E-state index is 0.00960. The molecule has 3 heterocycles. The summed E-state index contributed by atoms with van der Waals surface area (Å²) in [6.45, 7) is 2.51. The van der Waals surface area contributed by atoms with Crippen molar-refractivity contribution in [3.05, 3.63) is 38.2 Å². The number of carbonyl (C=O) groups is 1. The van der Waals surface area contributed by atoms with Crippen LogP contribution in [0.5, 0.6) is 11.5 Å². The number of benzene rings is 1. The van der Waals surface area contributed by atoms with Crippen LogP contribution in [0.1, 0.15) is 45.9 Å². The highest BCUT2D eigenvalue weighted by Crippen LogP contribution is 2.44. The summed E-state index contributed by atoms with van der Waals surface area (Å²) >= 11 is 5.32. The van der Waals surface area contributed by atoms with Crippen LogP contribution in [0.3, 0.4) is 0 Å². The van der Waals surface area contributed by atoms with Gasteiger partial charge in [-0.25, -0.2) is 0 Å². The highest BCUT2D eigenvalue weighted by atomic mass is 79.9. The Morgan fingerprint density at radius 1 is 1.24 bits per heavy atom. The molecule has 0 radical (unpaired) electrons. The molecule has 2 atom stereocenters. The molecule has 1 amide bonds. The molecule has 0 fully saturated rings. The fourth-order valence-electron chi connectivity index (χ4n) is 3.77. The maximum absolute atomic E-state index is 12.8. The third-order valence-electron chi connectivity index (χ3n) is 5.09. The third kappa shape index (κ3) is 2.44. The predicted molar refractivity (Wildman–Crippen MR) is 99.6 cm³/mol. The van der Waals surface area contributed by atoms with Gasteiger partial charge in [-0.15, -0.1) is 11.3 Å². The van der Waals surface area contributed by atoms with Crippen molar-refractivity contribution >= 4 is 38.2 Å². The van der Waals surface area contributed by atoms with Gasteiger partial charge in [0.15, 0.2) is 11.5 Å². The van der Waals surface area contributed by atoms with Gasteiger partial charge in [0.25, 0.3) is 5.91 Å². The first kappa shape index (κ1) is 15.5. The Labute approximate surface area is 157 Å². The lowest BCUT2D eigenvalue weighted by Crippen LogP contribution is -2.38. The van der Waals surface area contributed by atoms with E-state index in [2.05, 4.69) is 33.5 Å². The Balaban J connectivity index is 1.52. The lowest BCUT2D eigenvalue weighted by molar-refractivity contribution is 0.0935. The van der Waals surface area contributed by atoms with E-state index in [0.29, 0.717) is 11.7 Å². The van der Waals surface area contributed by atoms with Crippen molar-refractivity contribution in [2.45, 2.75) is 32.4 Å². The van der Waals surface area contributed by atoms with E-state index < -0.39 is 0 Å². The van der Waals surface area contributed by atoms with E-state index in [0.717, 1.165) is 45.6 Å². The molecule has 5 nitrogen and oxygen atoms in total. The van der Waals surface area contributed by atoms with Crippen LogP contribution in [0.15, 0.2) is 16.6 Å². The van der Waals surface area contributed by atoms with Crippen molar-refractivity contribution in [2.24, 2.45) is 5.92 Å². The standard InChI is InChI=1S/C18H17BrN2O3S/c1-8-2-3-9-14(4-8)25-18-15(9)17(22)20-16(21-18)10-5-12-13(6-11(10)19)24-7-23-12/h5-6,8,16,21H,2-4,7H2,1H3,(H,20,22)/t8-,16-/m1/s1. The van der Waals surface area contributed by atoms with Crippen LogP contribution in [-0.4, -0.2) is 12.7 Å². The number of ether oxygens (including phenoxy) is 2. The molecule has 1 aliphatic carbocycles. The first-order valence-corrected chi connectivity index (χ1v) is 10.0. The second-order valence-corrected chi connectivity index (χ2v) is 8.79. The first-order valence-electron chi connectivity index (χ1n) is 8.41. The van der Waals surface area contributed by atoms with Crippen molar-refractivity contribution in [2.75, 3.05) is 12.1 Å². The fraction of sp³-hybridized carbons (Fsp3) is 0.389. The zero-order chi connectivity index (χ0) is 17.1. The SMILES string of the molecule is C[C@@H]1CCc2c(sc3c2C(=O)N[C@@H](c2cc4c(cc2Br)OCO4)N3)C1. The minimum atomic E-state index is -0.290. The van der Waals surface area contributed by atoms with Gasteiger partial charge >= 0.3 is 0 Å². The van der Waals surface area contributed by atoms with Gasteiger partial charge in [-0.1, -0.05) is 22.9 Å². The lowest BCUT2D eigenvalue weighted by atomic mass is 9.88. The van der Waals surface area contributed by atoms with Gasteiger partial charge in [-0.2, -0.15) is 0 Å². The molecule has 0 saturated heterocycles. The smallest absolute Gasteiger partial charge is 0.256 e. The molecular formula is C18H17BrN2O3S. The van der Waals surface area contributed by atoms with Gasteiger partial charge in [-0.05, 0) is 42.9 Å². The van der Waals surface area contributed by atoms with Crippen molar-refractivity contribution in [1.29, 1.82) is 0 Å². The first-order chi connectivity index (χ1) is 12.1. The van der Waals surface area contributed by atoms with Crippen LogP contribution in [-0.2, 0) is 12.8 Å². The summed E-state index contributed by atoms with van der Waals surface area (Å²) < 4.78 is 11.8. The highest BCUT2D eigenvalue weighted by Gasteiger charge is 2.34. The summed E-state index contributed by atoms with van der Waals surface area (Å²) in [4.78, 5) is 14.2. The topological polar surface area (TPSA) is 59.6 Å². The normalized spacial score (nSPS) is 23.5. The molecule has 0 saturated carbocycles. The second-order valence-electron chi connectivity index (χ2n) is 6.83. The molecule has 0 unspecified atom stereocenters. The molecule has 3 aliphatic rings. The zero-order valence-corrected chi connectivity index (χ0v) is 16.1. The lowest BCUT2D eigenvalue weighted by Gasteiger charge is -2.27. The Bertz CT molecular complexity index is 895. The van der Waals surface area contributed by atoms with Crippen LogP contribution < -0.4 is 20.1 Å². The van der Waals surface area contributed by atoms with Crippen LogP contribution in [0.2, 0.25) is 0 Å². The average Bonchev–Trinajstić information content (AvgIpc) is 3.16. The Morgan fingerprint density at radius 2 is 2.04 bits per heavy atom. The molecule has 7 heteroatoms. The van der Waals surface area contributed by atoms with Gasteiger partial charge in [0, 0.05) is 14.9 Å². The molecule has 5 rings (SSSR count). The number of nitrogens with one attached hydrogen (secondary N) is 2. The van der Waals surface area contributed by atoms with E-state index in [-0.39, 0.29) is 18.9 Å². The van der Waals surface area contributed by atoms with Crippen molar-refractivity contribution < 1.29 is 14.3 Å². The summed E-state index contributed by atoms with van der Waals surface area (Å²) in [6.07, 6.45) is 2.93. The molecule has 2 aliphatic heterocycles. The fourth-order valence-corrected chi connectivity index (χ4v) is 5.76. The number of anilines is 1. The highest BCUT2D eigenvalue weighted by molar-refractivity contribution is 9.10. The summed E-state index contributed by atoms with van der Waals surface area (Å²) in [6, 6.07) is 3.81. The quantitative estimate of drug-likeness (QED) is 0.724. The molecule has 0 bridgehead atoms. The summed E-state index contributed by atoms with van der Waals surface area (Å²) in [5, 5.41) is 7.59.